The molecular formula is C27H25N3O3S. The second-order valence-corrected chi connectivity index (χ2v) is 9.70. The van der Waals surface area contributed by atoms with E-state index in [4.69, 9.17) is 0 Å². The molecule has 0 saturated heterocycles. The average Bonchev–Trinajstić information content (AvgIpc) is 2.83. The molecule has 4 aromatic rings. The maximum atomic E-state index is 12.8. The molecule has 6 nitrogen and oxygen atoms in total. The van der Waals surface area contributed by atoms with Gasteiger partial charge in [-0.2, -0.15) is 4.99 Å². The highest BCUT2D eigenvalue weighted by molar-refractivity contribution is 7.92. The quantitative estimate of drug-likeness (QED) is 0.443. The van der Waals surface area contributed by atoms with E-state index in [0.717, 1.165) is 16.7 Å². The highest BCUT2D eigenvalue weighted by Crippen LogP contribution is 2.19. The van der Waals surface area contributed by atoms with E-state index in [-0.39, 0.29) is 4.90 Å². The van der Waals surface area contributed by atoms with Crippen molar-refractivity contribution in [3.05, 3.63) is 125 Å². The molecule has 4 rings (SSSR count). The number of hydrogen-bond acceptors (Lipinski definition) is 3. The number of anilines is 1. The van der Waals surface area contributed by atoms with Crippen LogP contribution in [-0.4, -0.2) is 18.9 Å². The fourth-order valence-corrected chi connectivity index (χ4v) is 4.57. The number of aromatic nitrogens is 1. The Balaban J connectivity index is 1.53. The molecule has 0 aliphatic carbocycles. The predicted octanol–water partition coefficient (Wildman–Crippen LogP) is 4.70. The van der Waals surface area contributed by atoms with Gasteiger partial charge in [0.05, 0.1) is 4.90 Å². The van der Waals surface area contributed by atoms with Crippen LogP contribution in [0.2, 0.25) is 0 Å². The summed E-state index contributed by atoms with van der Waals surface area (Å²) in [5.74, 6) is -0.406. The van der Waals surface area contributed by atoms with Crippen molar-refractivity contribution < 1.29 is 13.2 Å². The number of aryl methyl sites for hydroxylation is 2. The number of hydrogen-bond donors (Lipinski definition) is 1. The van der Waals surface area contributed by atoms with E-state index in [9.17, 15) is 13.2 Å². The largest absolute Gasteiger partial charge is 0.328 e. The summed E-state index contributed by atoms with van der Waals surface area (Å²) in [7, 11) is -3.73. The van der Waals surface area contributed by atoms with Gasteiger partial charge in [0.2, 0.25) is 0 Å². The number of amides is 1. The van der Waals surface area contributed by atoms with Gasteiger partial charge in [0.15, 0.2) is 0 Å². The Morgan fingerprint density at radius 1 is 0.853 bits per heavy atom. The molecule has 172 valence electrons. The lowest BCUT2D eigenvalue weighted by molar-refractivity contribution is 0.0997. The molecule has 0 aliphatic heterocycles. The smallest absolute Gasteiger partial charge is 0.278 e. The lowest BCUT2D eigenvalue weighted by atomic mass is 10.1. The molecule has 0 unspecified atom stereocenters. The maximum Gasteiger partial charge on any atom is 0.278 e. The summed E-state index contributed by atoms with van der Waals surface area (Å²) in [6, 6.07) is 26.7. The van der Waals surface area contributed by atoms with Gasteiger partial charge < -0.3 is 4.57 Å². The van der Waals surface area contributed by atoms with Crippen molar-refractivity contribution in [2.45, 2.75) is 25.3 Å². The lowest BCUT2D eigenvalue weighted by Crippen LogP contribution is -2.22. The number of pyridine rings is 1. The van der Waals surface area contributed by atoms with Gasteiger partial charge in [-0.05, 0) is 79.1 Å². The first-order valence-corrected chi connectivity index (χ1v) is 12.3. The molecule has 1 heterocycles. The summed E-state index contributed by atoms with van der Waals surface area (Å²) in [5.41, 5.74) is 4.29. The zero-order valence-electron chi connectivity index (χ0n) is 19.0. The molecule has 0 radical (unpaired) electrons. The molecule has 0 atom stereocenters. The molecule has 0 fully saturated rings. The molecule has 7 heteroatoms. The van der Waals surface area contributed by atoms with E-state index < -0.39 is 15.9 Å². The number of benzene rings is 3. The summed E-state index contributed by atoms with van der Waals surface area (Å²) in [5, 5.41) is 0. The van der Waals surface area contributed by atoms with E-state index in [2.05, 4.69) is 9.71 Å². The number of rotatable bonds is 6. The molecule has 1 amide bonds. The highest BCUT2D eigenvalue weighted by atomic mass is 32.2. The van der Waals surface area contributed by atoms with Crippen molar-refractivity contribution in [3.63, 3.8) is 0 Å². The summed E-state index contributed by atoms with van der Waals surface area (Å²) in [4.78, 5) is 17.3. The number of nitrogens with zero attached hydrogens (tertiary/aromatic N) is 2. The Hall–Kier alpha value is -3.97. The first-order chi connectivity index (χ1) is 16.3. The lowest BCUT2D eigenvalue weighted by Gasteiger charge is -2.10. The molecular weight excluding hydrogens is 446 g/mol. The third-order valence-corrected chi connectivity index (χ3v) is 6.88. The molecule has 0 spiro atoms. The topological polar surface area (TPSA) is 80.5 Å². The van der Waals surface area contributed by atoms with Crippen LogP contribution < -0.4 is 10.2 Å². The van der Waals surface area contributed by atoms with Crippen LogP contribution in [0.1, 0.15) is 27.0 Å². The zero-order valence-corrected chi connectivity index (χ0v) is 19.8. The summed E-state index contributed by atoms with van der Waals surface area (Å²) >= 11 is 0. The van der Waals surface area contributed by atoms with Gasteiger partial charge in [0.25, 0.3) is 15.9 Å². The summed E-state index contributed by atoms with van der Waals surface area (Å²) < 4.78 is 29.9. The Bertz CT molecular complexity index is 1490. The summed E-state index contributed by atoms with van der Waals surface area (Å²) in [6.45, 7) is 4.39. The van der Waals surface area contributed by atoms with Crippen LogP contribution >= 0.6 is 0 Å². The fourth-order valence-electron chi connectivity index (χ4n) is 3.43. The van der Waals surface area contributed by atoms with Crippen molar-refractivity contribution in [1.82, 2.24) is 4.57 Å². The number of carbonyl (C=O) groups excluding carboxylic acids is 1. The fraction of sp³-hybridized carbons (Fsp3) is 0.111. The van der Waals surface area contributed by atoms with Crippen LogP contribution in [0.15, 0.2) is 107 Å². The predicted molar refractivity (Wildman–Crippen MR) is 133 cm³/mol. The minimum atomic E-state index is -3.73. The second-order valence-electron chi connectivity index (χ2n) is 8.02. The van der Waals surface area contributed by atoms with E-state index >= 15 is 0 Å². The van der Waals surface area contributed by atoms with Crippen LogP contribution in [-0.2, 0) is 16.6 Å². The molecule has 1 N–H and O–H groups in total. The van der Waals surface area contributed by atoms with Crippen molar-refractivity contribution >= 4 is 21.6 Å². The van der Waals surface area contributed by atoms with Gasteiger partial charge in [-0.15, -0.1) is 0 Å². The SMILES string of the molecule is Cc1ccc(S(=O)(=O)Nc2ccc(C(=O)N=c3ccccn3Cc3ccccc3)cc2)cc1C. The maximum absolute atomic E-state index is 12.8. The van der Waals surface area contributed by atoms with E-state index in [1.54, 1.807) is 48.5 Å². The van der Waals surface area contributed by atoms with E-state index in [1.165, 1.54) is 0 Å². The monoisotopic (exact) mass is 471 g/mol. The number of sulfonamides is 1. The van der Waals surface area contributed by atoms with E-state index in [0.29, 0.717) is 23.3 Å². The van der Waals surface area contributed by atoms with Crippen molar-refractivity contribution in [2.75, 3.05) is 4.72 Å². The third kappa shape index (κ3) is 5.50. The van der Waals surface area contributed by atoms with Gasteiger partial charge >= 0.3 is 0 Å². The zero-order chi connectivity index (χ0) is 24.1. The minimum Gasteiger partial charge on any atom is -0.328 e. The third-order valence-electron chi connectivity index (χ3n) is 5.50. The van der Waals surface area contributed by atoms with Crippen LogP contribution in [0.25, 0.3) is 0 Å². The van der Waals surface area contributed by atoms with Gasteiger partial charge in [-0.1, -0.05) is 42.5 Å². The Morgan fingerprint density at radius 3 is 2.26 bits per heavy atom. The molecule has 34 heavy (non-hydrogen) atoms. The van der Waals surface area contributed by atoms with Crippen molar-refractivity contribution in [1.29, 1.82) is 0 Å². The van der Waals surface area contributed by atoms with Crippen LogP contribution in [0.4, 0.5) is 5.69 Å². The van der Waals surface area contributed by atoms with Crippen LogP contribution in [0.3, 0.4) is 0 Å². The molecule has 0 bridgehead atoms. The molecule has 3 aromatic carbocycles. The van der Waals surface area contributed by atoms with Crippen LogP contribution in [0.5, 0.6) is 0 Å². The first kappa shape index (κ1) is 23.2. The summed E-state index contributed by atoms with van der Waals surface area (Å²) in [6.07, 6.45) is 1.88. The van der Waals surface area contributed by atoms with Gasteiger partial charge in [-0.3, -0.25) is 9.52 Å². The Labute approximate surface area is 199 Å². The molecule has 1 aromatic heterocycles. The average molecular weight is 472 g/mol. The van der Waals surface area contributed by atoms with Gasteiger partial charge in [-0.25, -0.2) is 8.42 Å². The van der Waals surface area contributed by atoms with Gasteiger partial charge in [0, 0.05) is 24.0 Å². The Morgan fingerprint density at radius 2 is 1.56 bits per heavy atom. The second kappa shape index (κ2) is 9.89. The number of carbonyl (C=O) groups is 1. The van der Waals surface area contributed by atoms with Crippen molar-refractivity contribution in [3.8, 4) is 0 Å². The first-order valence-electron chi connectivity index (χ1n) is 10.8. The molecule has 0 aliphatic rings. The highest BCUT2D eigenvalue weighted by Gasteiger charge is 2.15. The van der Waals surface area contributed by atoms with Gasteiger partial charge in [0.1, 0.15) is 5.49 Å². The normalized spacial score (nSPS) is 11.9. The minimum absolute atomic E-state index is 0.192. The number of nitrogens with one attached hydrogen (secondary N) is 1. The molecule has 0 saturated carbocycles. The van der Waals surface area contributed by atoms with Crippen LogP contribution in [0, 0.1) is 13.8 Å². The Kier molecular flexibility index (Phi) is 6.75. The standard InChI is InChI=1S/C27H25N3O3S/c1-20-11-16-25(18-21(20)2)34(32,33)29-24-14-12-23(13-15-24)27(31)28-26-10-6-7-17-30(26)19-22-8-4-3-5-9-22/h3-18,29H,19H2,1-2H3. The van der Waals surface area contributed by atoms with E-state index in [1.807, 2.05) is 67.1 Å². The van der Waals surface area contributed by atoms with Crippen molar-refractivity contribution in [2.24, 2.45) is 4.99 Å².